The molecular formula is C43H41FN6O4S2. The van der Waals surface area contributed by atoms with Crippen LogP contribution >= 0.6 is 22.7 Å². The maximum Gasteiger partial charge on any atom is 0.266 e. The lowest BCUT2D eigenvalue weighted by atomic mass is 9.94. The molecule has 2 aromatic carbocycles. The van der Waals surface area contributed by atoms with Crippen LogP contribution in [0.25, 0.3) is 64.2 Å². The van der Waals surface area contributed by atoms with Crippen LogP contribution in [-0.2, 0) is 6.42 Å². The van der Waals surface area contributed by atoms with E-state index in [4.69, 9.17) is 9.72 Å². The van der Waals surface area contributed by atoms with E-state index in [0.717, 1.165) is 46.2 Å². The molecule has 0 saturated carbocycles. The first kappa shape index (κ1) is 37.5. The van der Waals surface area contributed by atoms with Crippen molar-refractivity contribution < 1.29 is 9.13 Å². The third-order valence-electron chi connectivity index (χ3n) is 10.7. The predicted molar refractivity (Wildman–Crippen MR) is 228 cm³/mol. The van der Waals surface area contributed by atoms with Crippen molar-refractivity contribution in [3.63, 3.8) is 0 Å². The molecule has 2 unspecified atom stereocenters. The number of nitrogens with zero attached hydrogens (tertiary/aromatic N) is 2. The van der Waals surface area contributed by atoms with Crippen LogP contribution in [0.3, 0.4) is 0 Å². The first-order chi connectivity index (χ1) is 27.1. The number of rotatable bonds is 12. The molecular weight excluding hydrogens is 748 g/mol. The van der Waals surface area contributed by atoms with Gasteiger partial charge < -0.3 is 24.9 Å². The van der Waals surface area contributed by atoms with E-state index in [1.807, 2.05) is 42.8 Å². The number of hydrogen-bond acceptors (Lipinski definition) is 9. The lowest BCUT2D eigenvalue weighted by Gasteiger charge is -2.22. The number of pyridine rings is 4. The monoisotopic (exact) mass is 788 g/mol. The molecule has 10 nitrogen and oxygen atoms in total. The highest BCUT2D eigenvalue weighted by Gasteiger charge is 2.23. The number of thiophene rings is 2. The Morgan fingerprint density at radius 1 is 0.768 bits per heavy atom. The van der Waals surface area contributed by atoms with Gasteiger partial charge in [0.15, 0.2) is 0 Å². The van der Waals surface area contributed by atoms with Gasteiger partial charge >= 0.3 is 0 Å². The molecule has 56 heavy (non-hydrogen) atoms. The van der Waals surface area contributed by atoms with Crippen LogP contribution in [0.2, 0.25) is 0 Å². The molecule has 0 saturated heterocycles. The quantitative estimate of drug-likeness (QED) is 0.0923. The van der Waals surface area contributed by atoms with Gasteiger partial charge in [0.05, 0.1) is 29.4 Å². The van der Waals surface area contributed by atoms with Gasteiger partial charge in [-0.2, -0.15) is 4.39 Å². The van der Waals surface area contributed by atoms with E-state index in [-0.39, 0.29) is 17.0 Å². The zero-order valence-electron chi connectivity index (χ0n) is 31.6. The van der Waals surface area contributed by atoms with Crippen LogP contribution in [0.4, 0.5) is 4.39 Å². The van der Waals surface area contributed by atoms with Crippen LogP contribution in [0.1, 0.15) is 42.5 Å². The van der Waals surface area contributed by atoms with E-state index in [1.165, 1.54) is 28.2 Å². The molecule has 0 fully saturated rings. The number of likely N-dealkylation sites (N-methyl/N-ethyl adjacent to an activating group) is 2. The van der Waals surface area contributed by atoms with E-state index >= 15 is 0 Å². The van der Waals surface area contributed by atoms with Crippen molar-refractivity contribution in [2.24, 2.45) is 0 Å². The highest BCUT2D eigenvalue weighted by molar-refractivity contribution is 7.17. The molecule has 4 N–H and O–H groups in total. The summed E-state index contributed by atoms with van der Waals surface area (Å²) < 4.78 is 22.0. The molecule has 0 aliphatic carbocycles. The largest absolute Gasteiger partial charge is 0.481 e. The first-order valence-corrected chi connectivity index (χ1v) is 20.2. The Balaban J connectivity index is 1.06. The zero-order chi connectivity index (χ0) is 39.2. The maximum atomic E-state index is 14.9. The molecule has 0 radical (unpaired) electrons. The van der Waals surface area contributed by atoms with Crippen LogP contribution in [0.15, 0.2) is 85.8 Å². The Hall–Kier alpha value is -5.47. The number of ether oxygens (including phenoxy) is 1. The molecule has 0 amide bonds. The lowest BCUT2D eigenvalue weighted by molar-refractivity contribution is 0.319. The Morgan fingerprint density at radius 3 is 1.91 bits per heavy atom. The van der Waals surface area contributed by atoms with E-state index in [0.29, 0.717) is 61.6 Å². The van der Waals surface area contributed by atoms with E-state index in [1.54, 1.807) is 18.6 Å². The molecule has 0 aliphatic rings. The second kappa shape index (κ2) is 15.2. The van der Waals surface area contributed by atoms with Gasteiger partial charge in [0.25, 0.3) is 16.7 Å². The van der Waals surface area contributed by atoms with Crippen LogP contribution in [0.5, 0.6) is 5.88 Å². The summed E-state index contributed by atoms with van der Waals surface area (Å²) >= 11 is 2.68. The average Bonchev–Trinajstić information content (AvgIpc) is 3.90. The van der Waals surface area contributed by atoms with E-state index in [9.17, 15) is 18.8 Å². The SMILES string of the molecule is CNCC(C)c1ccc(-c2c(OC)nc(CCN(C)CC(C)c3ccc(-c4c(=O)[nH]c(F)c5[nH]c(=O)c6sccc6c45)cc3)c3[nH]c(=O)c4sccc4c23)cc1. The fraction of sp³-hybridized carbons (Fsp3) is 0.256. The third kappa shape index (κ3) is 6.64. The topological polar surface area (TPSA) is 136 Å². The number of H-pyrrole nitrogens is 3. The predicted octanol–water partition coefficient (Wildman–Crippen LogP) is 7.96. The van der Waals surface area contributed by atoms with Gasteiger partial charge in [-0.05, 0) is 71.1 Å². The van der Waals surface area contributed by atoms with Gasteiger partial charge in [-0.15, -0.1) is 22.7 Å². The highest BCUT2D eigenvalue weighted by atomic mass is 32.1. The molecule has 0 spiro atoms. The van der Waals surface area contributed by atoms with Crippen molar-refractivity contribution in [2.45, 2.75) is 32.1 Å². The average molecular weight is 789 g/mol. The highest BCUT2D eigenvalue weighted by Crippen LogP contribution is 2.41. The molecule has 0 aliphatic heterocycles. The number of hydrogen-bond donors (Lipinski definition) is 4. The normalized spacial score (nSPS) is 13.1. The van der Waals surface area contributed by atoms with Crippen molar-refractivity contribution >= 4 is 64.7 Å². The summed E-state index contributed by atoms with van der Waals surface area (Å²) in [6, 6.07) is 20.0. The van der Waals surface area contributed by atoms with Crippen molar-refractivity contribution in [3.05, 3.63) is 125 Å². The molecule has 286 valence electrons. The Labute approximate surface area is 329 Å². The zero-order valence-corrected chi connectivity index (χ0v) is 33.3. The van der Waals surface area contributed by atoms with Crippen LogP contribution in [0, 0.1) is 5.95 Å². The number of halogens is 1. The minimum absolute atomic E-state index is 0.0167. The Kier molecular flexibility index (Phi) is 10.2. The molecule has 2 atom stereocenters. The summed E-state index contributed by atoms with van der Waals surface area (Å²) in [5.74, 6) is 0.129. The molecule has 0 bridgehead atoms. The summed E-state index contributed by atoms with van der Waals surface area (Å²) in [5.41, 5.74) is 5.44. The number of benzene rings is 2. The van der Waals surface area contributed by atoms with Gasteiger partial charge in [-0.3, -0.25) is 19.4 Å². The second-order valence-corrected chi connectivity index (χ2v) is 16.3. The van der Waals surface area contributed by atoms with Gasteiger partial charge in [-0.1, -0.05) is 62.4 Å². The van der Waals surface area contributed by atoms with Gasteiger partial charge in [-0.25, -0.2) is 4.98 Å². The fourth-order valence-electron chi connectivity index (χ4n) is 7.89. The lowest BCUT2D eigenvalue weighted by Crippen LogP contribution is -2.26. The molecule has 13 heteroatoms. The number of nitrogens with one attached hydrogen (secondary N) is 4. The smallest absolute Gasteiger partial charge is 0.266 e. The molecule has 8 rings (SSSR count). The Morgan fingerprint density at radius 2 is 1.32 bits per heavy atom. The summed E-state index contributed by atoms with van der Waals surface area (Å²) in [7, 11) is 5.65. The number of aromatic amines is 3. The maximum absolute atomic E-state index is 14.9. The summed E-state index contributed by atoms with van der Waals surface area (Å²) in [5, 5.41) is 9.71. The van der Waals surface area contributed by atoms with Crippen LogP contribution in [-0.4, -0.2) is 65.7 Å². The van der Waals surface area contributed by atoms with Crippen molar-refractivity contribution in [1.29, 1.82) is 0 Å². The third-order valence-corrected chi connectivity index (χ3v) is 12.6. The first-order valence-electron chi connectivity index (χ1n) is 18.5. The second-order valence-electron chi connectivity index (χ2n) is 14.4. The Bertz CT molecular complexity index is 2930. The fourth-order valence-corrected chi connectivity index (χ4v) is 9.48. The molecule has 6 heterocycles. The molecule has 8 aromatic rings. The van der Waals surface area contributed by atoms with Crippen molar-refractivity contribution in [2.75, 3.05) is 40.8 Å². The number of methoxy groups -OCH3 is 1. The minimum atomic E-state index is -0.865. The summed E-state index contributed by atoms with van der Waals surface area (Å²) in [6.07, 6.45) is 0.570. The summed E-state index contributed by atoms with van der Waals surface area (Å²) in [6.45, 7) is 6.61. The van der Waals surface area contributed by atoms with Crippen LogP contribution < -0.4 is 26.7 Å². The minimum Gasteiger partial charge on any atom is -0.481 e. The van der Waals surface area contributed by atoms with E-state index < -0.39 is 17.1 Å². The standard InChI is InChI=1S/C43H41FN6O4S2/c1-22(20-45-3)24-6-12-27(13-7-24)32-34-29-16-19-56-38(29)41(52)47-35(34)30(46-43(32)54-5)14-17-50(4)21-23(2)25-8-10-26(11-9-25)31-33-28-15-18-55-37(28)42(53)48-36(33)39(44)49-40(31)51/h6-13,15-16,18-19,22-23,45H,14,17,20-21H2,1-5H3,(H,47,52)(H,48,53)(H,49,51). The van der Waals surface area contributed by atoms with Gasteiger partial charge in [0, 0.05) is 47.6 Å². The number of fused-ring (bicyclic) bond motifs is 6. The van der Waals surface area contributed by atoms with Crippen molar-refractivity contribution in [3.8, 4) is 28.1 Å². The summed E-state index contributed by atoms with van der Waals surface area (Å²) in [4.78, 5) is 54.4. The van der Waals surface area contributed by atoms with Gasteiger partial charge in [0.1, 0.15) is 14.9 Å². The molecule has 6 aromatic heterocycles. The van der Waals surface area contributed by atoms with Gasteiger partial charge in [0.2, 0.25) is 11.8 Å². The van der Waals surface area contributed by atoms with Crippen molar-refractivity contribution in [1.82, 2.24) is 30.2 Å². The van der Waals surface area contributed by atoms with E-state index in [2.05, 4.69) is 70.3 Å². The number of aromatic nitrogens is 4.